The lowest BCUT2D eigenvalue weighted by Gasteiger charge is -2.26. The van der Waals surface area contributed by atoms with Crippen molar-refractivity contribution >= 4 is 5.78 Å². The number of ether oxygens (including phenoxy) is 1. The minimum atomic E-state index is 0.0625. The first-order valence-electron chi connectivity index (χ1n) is 9.18. The number of hydrogen-bond donors (Lipinski definition) is 0. The summed E-state index contributed by atoms with van der Waals surface area (Å²) in [7, 11) is 1.65. The van der Waals surface area contributed by atoms with Crippen LogP contribution in [0, 0.1) is 0 Å². The zero-order valence-electron chi connectivity index (χ0n) is 14.7. The Hall–Kier alpha value is -1.35. The second-order valence-corrected chi connectivity index (χ2v) is 6.55. The first-order chi connectivity index (χ1) is 11.3. The van der Waals surface area contributed by atoms with Crippen molar-refractivity contribution in [2.75, 3.05) is 20.2 Å². The zero-order chi connectivity index (χ0) is 16.5. The minimum absolute atomic E-state index is 0.0625. The molecule has 0 bridgehead atoms. The summed E-state index contributed by atoms with van der Waals surface area (Å²) in [4.78, 5) is 15.4. The molecule has 0 spiro atoms. The number of carbonyl (C=O) groups excluding carboxylic acids is 1. The molecule has 1 saturated heterocycles. The van der Waals surface area contributed by atoms with Gasteiger partial charge >= 0.3 is 0 Å². The number of benzene rings is 1. The lowest BCUT2D eigenvalue weighted by atomic mass is 9.97. The van der Waals surface area contributed by atoms with E-state index in [1.54, 1.807) is 7.11 Å². The van der Waals surface area contributed by atoms with Gasteiger partial charge in [-0.3, -0.25) is 9.69 Å². The van der Waals surface area contributed by atoms with E-state index in [0.29, 0.717) is 0 Å². The molecule has 1 aromatic rings. The maximum atomic E-state index is 13.0. The minimum Gasteiger partial charge on any atom is -0.497 e. The largest absolute Gasteiger partial charge is 0.497 e. The van der Waals surface area contributed by atoms with Crippen molar-refractivity contribution < 1.29 is 9.53 Å². The fourth-order valence-electron chi connectivity index (χ4n) is 3.42. The van der Waals surface area contributed by atoms with Gasteiger partial charge in [-0.05, 0) is 56.6 Å². The Bertz CT molecular complexity index is 463. The maximum absolute atomic E-state index is 13.0. The van der Waals surface area contributed by atoms with E-state index in [0.717, 1.165) is 37.2 Å². The SMILES string of the molecule is CCCCCCCC(C(=O)c1ccc(OC)cc1)N1CCCC1. The second-order valence-electron chi connectivity index (χ2n) is 6.55. The van der Waals surface area contributed by atoms with E-state index in [1.807, 2.05) is 24.3 Å². The molecule has 3 heteroatoms. The zero-order valence-corrected chi connectivity index (χ0v) is 14.7. The van der Waals surface area contributed by atoms with Crippen LogP contribution in [0.3, 0.4) is 0 Å². The van der Waals surface area contributed by atoms with Crippen molar-refractivity contribution in [2.45, 2.75) is 64.3 Å². The number of rotatable bonds is 10. The summed E-state index contributed by atoms with van der Waals surface area (Å²) in [6, 6.07) is 7.64. The van der Waals surface area contributed by atoms with Crippen LogP contribution in [-0.4, -0.2) is 36.9 Å². The summed E-state index contributed by atoms with van der Waals surface area (Å²) in [5.41, 5.74) is 0.816. The highest BCUT2D eigenvalue weighted by molar-refractivity contribution is 6.00. The third kappa shape index (κ3) is 5.35. The van der Waals surface area contributed by atoms with Crippen LogP contribution in [0.5, 0.6) is 5.75 Å². The Kier molecular flexibility index (Phi) is 7.60. The van der Waals surface area contributed by atoms with E-state index in [4.69, 9.17) is 4.74 Å². The Morgan fingerprint density at radius 1 is 1.09 bits per heavy atom. The number of unbranched alkanes of at least 4 members (excludes halogenated alkanes) is 4. The van der Waals surface area contributed by atoms with Gasteiger partial charge in [-0.1, -0.05) is 39.0 Å². The average molecular weight is 317 g/mol. The summed E-state index contributed by atoms with van der Waals surface area (Å²) in [6.45, 7) is 4.38. The Morgan fingerprint density at radius 2 is 1.74 bits per heavy atom. The topological polar surface area (TPSA) is 29.5 Å². The number of carbonyl (C=O) groups is 1. The molecule has 0 N–H and O–H groups in total. The molecule has 1 aliphatic heterocycles. The van der Waals surface area contributed by atoms with Crippen molar-refractivity contribution in [2.24, 2.45) is 0 Å². The summed E-state index contributed by atoms with van der Waals surface area (Å²) in [5, 5.41) is 0. The number of methoxy groups -OCH3 is 1. The molecule has 0 saturated carbocycles. The van der Waals surface area contributed by atoms with E-state index in [1.165, 1.54) is 38.5 Å². The van der Waals surface area contributed by atoms with Crippen LogP contribution in [-0.2, 0) is 0 Å². The summed E-state index contributed by atoms with van der Waals surface area (Å²) >= 11 is 0. The van der Waals surface area contributed by atoms with Crippen LogP contribution in [0.1, 0.15) is 68.6 Å². The fraction of sp³-hybridized carbons (Fsp3) is 0.650. The van der Waals surface area contributed by atoms with Gasteiger partial charge in [0.05, 0.1) is 13.2 Å². The Balaban J connectivity index is 1.98. The number of likely N-dealkylation sites (tertiary alicyclic amines) is 1. The molecule has 2 rings (SSSR count). The van der Waals surface area contributed by atoms with Gasteiger partial charge in [-0.2, -0.15) is 0 Å². The van der Waals surface area contributed by atoms with Crippen LogP contribution in [0.4, 0.5) is 0 Å². The highest BCUT2D eigenvalue weighted by Gasteiger charge is 2.28. The molecular formula is C20H31NO2. The summed E-state index contributed by atoms with van der Waals surface area (Å²) < 4.78 is 5.19. The Morgan fingerprint density at radius 3 is 2.35 bits per heavy atom. The fourth-order valence-corrected chi connectivity index (χ4v) is 3.42. The predicted molar refractivity (Wildman–Crippen MR) is 95.3 cm³/mol. The summed E-state index contributed by atoms with van der Waals surface area (Å²) in [5.74, 6) is 1.09. The standard InChI is InChI=1S/C20H31NO2/c1-3-4-5-6-7-10-19(21-15-8-9-16-21)20(22)17-11-13-18(23-2)14-12-17/h11-14,19H,3-10,15-16H2,1-2H3. The quantitative estimate of drug-likeness (QED) is 0.462. The molecule has 3 nitrogen and oxygen atoms in total. The normalized spacial score (nSPS) is 16.4. The van der Waals surface area contributed by atoms with Crippen LogP contribution in [0.15, 0.2) is 24.3 Å². The second kappa shape index (κ2) is 9.71. The van der Waals surface area contributed by atoms with Gasteiger partial charge in [-0.15, -0.1) is 0 Å². The van der Waals surface area contributed by atoms with Gasteiger partial charge < -0.3 is 4.74 Å². The highest BCUT2D eigenvalue weighted by Crippen LogP contribution is 2.22. The highest BCUT2D eigenvalue weighted by atomic mass is 16.5. The van der Waals surface area contributed by atoms with Crippen molar-refractivity contribution in [3.8, 4) is 5.75 Å². The van der Waals surface area contributed by atoms with Crippen molar-refractivity contribution in [1.29, 1.82) is 0 Å². The molecular weight excluding hydrogens is 286 g/mol. The first-order valence-corrected chi connectivity index (χ1v) is 9.18. The summed E-state index contributed by atoms with van der Waals surface area (Å²) in [6.07, 6.45) is 9.71. The Labute approximate surface area is 141 Å². The van der Waals surface area contributed by atoms with Crippen LogP contribution in [0.25, 0.3) is 0 Å². The van der Waals surface area contributed by atoms with Crippen LogP contribution < -0.4 is 4.74 Å². The van der Waals surface area contributed by atoms with Gasteiger partial charge in [-0.25, -0.2) is 0 Å². The van der Waals surface area contributed by atoms with Gasteiger partial charge in [0, 0.05) is 5.56 Å². The van der Waals surface area contributed by atoms with Gasteiger partial charge in [0.2, 0.25) is 0 Å². The van der Waals surface area contributed by atoms with E-state index >= 15 is 0 Å². The van der Waals surface area contributed by atoms with E-state index in [-0.39, 0.29) is 11.8 Å². The van der Waals surface area contributed by atoms with E-state index in [9.17, 15) is 4.79 Å². The number of nitrogens with zero attached hydrogens (tertiary/aromatic N) is 1. The van der Waals surface area contributed by atoms with Gasteiger partial charge in [0.25, 0.3) is 0 Å². The van der Waals surface area contributed by atoms with E-state index in [2.05, 4.69) is 11.8 Å². The number of Topliss-reactive ketones (excluding diaryl/α,β-unsaturated/α-hetero) is 1. The molecule has 0 aromatic heterocycles. The molecule has 1 aromatic carbocycles. The monoisotopic (exact) mass is 317 g/mol. The molecule has 1 fully saturated rings. The third-order valence-corrected chi connectivity index (χ3v) is 4.84. The predicted octanol–water partition coefficient (Wildman–Crippen LogP) is 4.70. The third-order valence-electron chi connectivity index (χ3n) is 4.84. The van der Waals surface area contributed by atoms with E-state index < -0.39 is 0 Å². The lowest BCUT2D eigenvalue weighted by Crippen LogP contribution is -2.39. The first kappa shape index (κ1) is 18.0. The molecule has 0 aliphatic carbocycles. The molecule has 1 unspecified atom stereocenters. The van der Waals surface area contributed by atoms with Crippen molar-refractivity contribution in [3.05, 3.63) is 29.8 Å². The molecule has 1 atom stereocenters. The van der Waals surface area contributed by atoms with Gasteiger partial charge in [0.1, 0.15) is 5.75 Å². The molecule has 23 heavy (non-hydrogen) atoms. The van der Waals surface area contributed by atoms with Crippen LogP contribution in [0.2, 0.25) is 0 Å². The van der Waals surface area contributed by atoms with Gasteiger partial charge in [0.15, 0.2) is 5.78 Å². The lowest BCUT2D eigenvalue weighted by molar-refractivity contribution is 0.0834. The van der Waals surface area contributed by atoms with Crippen molar-refractivity contribution in [1.82, 2.24) is 4.90 Å². The maximum Gasteiger partial charge on any atom is 0.179 e. The molecule has 128 valence electrons. The smallest absolute Gasteiger partial charge is 0.179 e. The average Bonchev–Trinajstić information content (AvgIpc) is 3.12. The number of ketones is 1. The molecule has 1 heterocycles. The van der Waals surface area contributed by atoms with Crippen molar-refractivity contribution in [3.63, 3.8) is 0 Å². The molecule has 0 radical (unpaired) electrons. The molecule has 0 amide bonds. The number of hydrogen-bond acceptors (Lipinski definition) is 3. The van der Waals surface area contributed by atoms with Crippen LogP contribution >= 0.6 is 0 Å². The molecule has 1 aliphatic rings.